The third-order valence-corrected chi connectivity index (χ3v) is 4.89. The first-order chi connectivity index (χ1) is 15.3. The molecule has 32 heavy (non-hydrogen) atoms. The van der Waals surface area contributed by atoms with Gasteiger partial charge in [-0.3, -0.25) is 14.9 Å². The summed E-state index contributed by atoms with van der Waals surface area (Å²) in [5.74, 6) is 0.828. The number of carbonyl (C=O) groups is 1. The third-order valence-electron chi connectivity index (χ3n) is 4.89. The Morgan fingerprint density at radius 2 is 2.03 bits per heavy atom. The topological polar surface area (TPSA) is 121 Å². The standard InChI is InChI=1S/C22H25N5O5/c1-5-11-32-19-10-9-16(12-20(19)31-4)14(2)23-22(28)21-15(3)26(25-24-21)17-7-6-8-18(13-17)27(29)30/h6-10,12-14H,5,11H2,1-4H3,(H,23,28). The second-order valence-electron chi connectivity index (χ2n) is 7.17. The maximum atomic E-state index is 12.8. The molecule has 1 N–H and O–H groups in total. The molecule has 1 heterocycles. The molecular weight excluding hydrogens is 414 g/mol. The van der Waals surface area contributed by atoms with Crippen LogP contribution in [0, 0.1) is 17.0 Å². The molecule has 0 aliphatic rings. The first-order valence-electron chi connectivity index (χ1n) is 10.1. The third kappa shape index (κ3) is 4.85. The highest BCUT2D eigenvalue weighted by Gasteiger charge is 2.21. The summed E-state index contributed by atoms with van der Waals surface area (Å²) in [7, 11) is 1.57. The predicted octanol–water partition coefficient (Wildman–Crippen LogP) is 3.77. The maximum absolute atomic E-state index is 12.8. The van der Waals surface area contributed by atoms with Crippen LogP contribution in [-0.4, -0.2) is 39.5 Å². The molecule has 3 rings (SSSR count). The monoisotopic (exact) mass is 439 g/mol. The number of amides is 1. The van der Waals surface area contributed by atoms with E-state index >= 15 is 0 Å². The Hall–Kier alpha value is -3.95. The number of aromatic nitrogens is 3. The molecule has 0 saturated heterocycles. The van der Waals surface area contributed by atoms with Gasteiger partial charge in [0.25, 0.3) is 11.6 Å². The van der Waals surface area contributed by atoms with Crippen molar-refractivity contribution in [3.63, 3.8) is 0 Å². The number of benzene rings is 2. The molecular formula is C22H25N5O5. The summed E-state index contributed by atoms with van der Waals surface area (Å²) in [5.41, 5.74) is 1.82. The minimum Gasteiger partial charge on any atom is -0.493 e. The van der Waals surface area contributed by atoms with E-state index in [0.717, 1.165) is 12.0 Å². The number of nitro groups is 1. The number of nitrogens with zero attached hydrogens (tertiary/aromatic N) is 4. The Morgan fingerprint density at radius 3 is 2.72 bits per heavy atom. The lowest BCUT2D eigenvalue weighted by Gasteiger charge is -2.17. The van der Waals surface area contributed by atoms with E-state index in [1.807, 2.05) is 32.0 Å². The number of carbonyl (C=O) groups excluding carboxylic acids is 1. The van der Waals surface area contributed by atoms with Gasteiger partial charge in [-0.1, -0.05) is 24.3 Å². The van der Waals surface area contributed by atoms with Gasteiger partial charge in [-0.05, 0) is 44.0 Å². The summed E-state index contributed by atoms with van der Waals surface area (Å²) >= 11 is 0. The highest BCUT2D eigenvalue weighted by molar-refractivity contribution is 5.93. The quantitative estimate of drug-likeness (QED) is 0.398. The van der Waals surface area contributed by atoms with Gasteiger partial charge in [0.1, 0.15) is 0 Å². The van der Waals surface area contributed by atoms with Crippen LogP contribution >= 0.6 is 0 Å². The molecule has 0 aliphatic heterocycles. The lowest BCUT2D eigenvalue weighted by molar-refractivity contribution is -0.384. The molecule has 1 aromatic heterocycles. The lowest BCUT2D eigenvalue weighted by Crippen LogP contribution is -2.27. The van der Waals surface area contributed by atoms with Gasteiger partial charge >= 0.3 is 0 Å². The molecule has 0 saturated carbocycles. The van der Waals surface area contributed by atoms with Gasteiger partial charge < -0.3 is 14.8 Å². The van der Waals surface area contributed by atoms with E-state index in [1.54, 1.807) is 26.2 Å². The molecule has 10 heteroatoms. The zero-order chi connectivity index (χ0) is 23.3. The fourth-order valence-corrected chi connectivity index (χ4v) is 3.16. The first-order valence-corrected chi connectivity index (χ1v) is 10.1. The van der Waals surface area contributed by atoms with Crippen LogP contribution in [0.25, 0.3) is 5.69 Å². The van der Waals surface area contributed by atoms with Crippen molar-refractivity contribution in [3.05, 3.63) is 69.5 Å². The van der Waals surface area contributed by atoms with Gasteiger partial charge in [0.05, 0.1) is 36.1 Å². The summed E-state index contributed by atoms with van der Waals surface area (Å²) in [5, 5.41) is 21.9. The largest absolute Gasteiger partial charge is 0.493 e. The minimum atomic E-state index is -0.488. The molecule has 1 amide bonds. The lowest BCUT2D eigenvalue weighted by atomic mass is 10.1. The van der Waals surface area contributed by atoms with Crippen molar-refractivity contribution in [2.75, 3.05) is 13.7 Å². The Morgan fingerprint density at radius 1 is 1.25 bits per heavy atom. The van der Waals surface area contributed by atoms with Crippen LogP contribution in [0.15, 0.2) is 42.5 Å². The second kappa shape index (κ2) is 9.90. The van der Waals surface area contributed by atoms with Crippen molar-refractivity contribution in [1.29, 1.82) is 0 Å². The normalized spacial score (nSPS) is 11.6. The van der Waals surface area contributed by atoms with Crippen LogP contribution in [0.1, 0.15) is 48.1 Å². The molecule has 1 unspecified atom stereocenters. The summed E-state index contributed by atoms with van der Waals surface area (Å²) < 4.78 is 12.5. The van der Waals surface area contributed by atoms with E-state index in [1.165, 1.54) is 16.8 Å². The van der Waals surface area contributed by atoms with Crippen LogP contribution in [-0.2, 0) is 0 Å². The Kier molecular flexibility index (Phi) is 7.04. The van der Waals surface area contributed by atoms with Crippen molar-refractivity contribution in [1.82, 2.24) is 20.3 Å². The van der Waals surface area contributed by atoms with E-state index in [2.05, 4.69) is 15.6 Å². The van der Waals surface area contributed by atoms with E-state index in [0.29, 0.717) is 29.5 Å². The summed E-state index contributed by atoms with van der Waals surface area (Å²) in [6.45, 7) is 6.14. The molecule has 10 nitrogen and oxygen atoms in total. The summed E-state index contributed by atoms with van der Waals surface area (Å²) in [6, 6.07) is 11.1. The first kappa shape index (κ1) is 22.7. The van der Waals surface area contributed by atoms with Crippen molar-refractivity contribution < 1.29 is 19.2 Å². The molecule has 0 spiro atoms. The Bertz CT molecular complexity index is 1130. The average Bonchev–Trinajstić information content (AvgIpc) is 3.18. The van der Waals surface area contributed by atoms with Crippen LogP contribution < -0.4 is 14.8 Å². The number of nitro benzene ring substituents is 1. The highest BCUT2D eigenvalue weighted by Crippen LogP contribution is 2.30. The van der Waals surface area contributed by atoms with Crippen molar-refractivity contribution >= 4 is 11.6 Å². The van der Waals surface area contributed by atoms with Crippen LogP contribution in [0.5, 0.6) is 11.5 Å². The average molecular weight is 439 g/mol. The Balaban J connectivity index is 1.78. The van der Waals surface area contributed by atoms with Crippen LogP contribution in [0.3, 0.4) is 0 Å². The molecule has 168 valence electrons. The number of hydrogen-bond donors (Lipinski definition) is 1. The molecule has 3 aromatic rings. The summed E-state index contributed by atoms with van der Waals surface area (Å²) in [6.07, 6.45) is 0.883. The number of ether oxygens (including phenoxy) is 2. The molecule has 0 radical (unpaired) electrons. The molecule has 0 bridgehead atoms. The molecule has 0 fully saturated rings. The van der Waals surface area contributed by atoms with Crippen molar-refractivity contribution in [3.8, 4) is 17.2 Å². The van der Waals surface area contributed by atoms with Gasteiger partial charge in [0, 0.05) is 12.1 Å². The minimum absolute atomic E-state index is 0.0719. The van der Waals surface area contributed by atoms with Gasteiger partial charge in [-0.25, -0.2) is 4.68 Å². The zero-order valence-electron chi connectivity index (χ0n) is 18.4. The number of hydrogen-bond acceptors (Lipinski definition) is 7. The smallest absolute Gasteiger partial charge is 0.274 e. The summed E-state index contributed by atoms with van der Waals surface area (Å²) in [4.78, 5) is 23.4. The Labute approximate surface area is 185 Å². The number of nitrogens with one attached hydrogen (secondary N) is 1. The molecule has 1 atom stereocenters. The van der Waals surface area contributed by atoms with Crippen molar-refractivity contribution in [2.24, 2.45) is 0 Å². The van der Waals surface area contributed by atoms with Crippen LogP contribution in [0.2, 0.25) is 0 Å². The van der Waals surface area contributed by atoms with Gasteiger partial charge in [-0.15, -0.1) is 5.10 Å². The van der Waals surface area contributed by atoms with Crippen molar-refractivity contribution in [2.45, 2.75) is 33.2 Å². The maximum Gasteiger partial charge on any atom is 0.274 e. The van der Waals surface area contributed by atoms with Gasteiger partial charge in [0.2, 0.25) is 0 Å². The fraction of sp³-hybridized carbons (Fsp3) is 0.318. The van der Waals surface area contributed by atoms with Gasteiger partial charge in [-0.2, -0.15) is 0 Å². The van der Waals surface area contributed by atoms with Gasteiger partial charge in [0.15, 0.2) is 17.2 Å². The molecule has 2 aromatic carbocycles. The molecule has 0 aliphatic carbocycles. The predicted molar refractivity (Wildman–Crippen MR) is 117 cm³/mol. The van der Waals surface area contributed by atoms with E-state index in [-0.39, 0.29) is 17.4 Å². The fourth-order valence-electron chi connectivity index (χ4n) is 3.16. The van der Waals surface area contributed by atoms with Crippen LogP contribution in [0.4, 0.5) is 5.69 Å². The van der Waals surface area contributed by atoms with E-state index in [9.17, 15) is 14.9 Å². The van der Waals surface area contributed by atoms with E-state index < -0.39 is 10.8 Å². The SMILES string of the molecule is CCCOc1ccc(C(C)NC(=O)c2nnn(-c3cccc([N+](=O)[O-])c3)c2C)cc1OC. The number of rotatable bonds is 9. The second-order valence-corrected chi connectivity index (χ2v) is 7.17. The number of non-ortho nitro benzene ring substituents is 1. The zero-order valence-corrected chi connectivity index (χ0v) is 18.4. The highest BCUT2D eigenvalue weighted by atomic mass is 16.6. The van der Waals surface area contributed by atoms with E-state index in [4.69, 9.17) is 9.47 Å². The number of methoxy groups -OCH3 is 1.